The highest BCUT2D eigenvalue weighted by molar-refractivity contribution is 5.82. The largest absolute Gasteiger partial charge is 0.493 e. The van der Waals surface area contributed by atoms with Gasteiger partial charge < -0.3 is 14.4 Å². The molecular weight excluding hydrogens is 463 g/mol. The van der Waals surface area contributed by atoms with Gasteiger partial charge in [-0.3, -0.25) is 14.2 Å². The molecule has 4 rings (SSSR count). The van der Waals surface area contributed by atoms with E-state index in [0.29, 0.717) is 54.6 Å². The van der Waals surface area contributed by atoms with E-state index in [1.54, 1.807) is 12.1 Å². The normalized spacial score (nSPS) is 18.3. The van der Waals surface area contributed by atoms with Crippen molar-refractivity contribution in [2.24, 2.45) is 0 Å². The number of nitrogens with zero attached hydrogens (tertiary/aromatic N) is 3. The Morgan fingerprint density at radius 3 is 2.43 bits per heavy atom. The van der Waals surface area contributed by atoms with E-state index in [1.165, 1.54) is 25.1 Å². The Labute approximate surface area is 200 Å². The van der Waals surface area contributed by atoms with Gasteiger partial charge in [0.2, 0.25) is 0 Å². The lowest BCUT2D eigenvalue weighted by Gasteiger charge is -2.35. The lowest BCUT2D eigenvalue weighted by atomic mass is 9.92. The molecule has 7 nitrogen and oxygen atoms in total. The molecule has 0 N–H and O–H groups in total. The number of methoxy groups -OCH3 is 1. The first-order valence-electron chi connectivity index (χ1n) is 11.3. The number of rotatable bonds is 6. The summed E-state index contributed by atoms with van der Waals surface area (Å²) < 4.78 is 51.3. The second kappa shape index (κ2) is 9.97. The van der Waals surface area contributed by atoms with E-state index >= 15 is 0 Å². The zero-order valence-corrected chi connectivity index (χ0v) is 19.4. The first-order chi connectivity index (χ1) is 16.7. The summed E-state index contributed by atoms with van der Waals surface area (Å²) in [5.41, 5.74) is 1.22. The third kappa shape index (κ3) is 5.41. The number of hydrogen-bond acceptors (Lipinski definition) is 5. The van der Waals surface area contributed by atoms with Crippen molar-refractivity contribution in [3.05, 3.63) is 64.7 Å². The molecule has 0 atom stereocenters. The summed E-state index contributed by atoms with van der Waals surface area (Å²) in [5.74, 6) is -1.05. The van der Waals surface area contributed by atoms with Crippen LogP contribution in [0.4, 0.5) is 13.2 Å². The van der Waals surface area contributed by atoms with Crippen LogP contribution in [0.25, 0.3) is 10.9 Å². The molecular formula is C25H26F3N3O4. The van der Waals surface area contributed by atoms with Crippen LogP contribution in [0.5, 0.6) is 11.5 Å². The molecule has 1 aromatic heterocycles. The number of ether oxygens (including phenoxy) is 2. The van der Waals surface area contributed by atoms with Crippen LogP contribution in [0.1, 0.15) is 31.2 Å². The molecule has 1 fully saturated rings. The Hall–Kier alpha value is -3.56. The number of halogens is 3. The van der Waals surface area contributed by atoms with Gasteiger partial charge in [0.15, 0.2) is 11.5 Å². The van der Waals surface area contributed by atoms with E-state index in [2.05, 4.69) is 4.98 Å². The molecule has 10 heteroatoms. The number of amides is 1. The Bertz CT molecular complexity index is 1250. The molecule has 0 bridgehead atoms. The molecule has 1 heterocycles. The van der Waals surface area contributed by atoms with Crippen LogP contribution < -0.4 is 15.0 Å². The molecule has 1 aliphatic carbocycles. The van der Waals surface area contributed by atoms with Gasteiger partial charge in [0.1, 0.15) is 0 Å². The van der Waals surface area contributed by atoms with Crippen LogP contribution >= 0.6 is 0 Å². The van der Waals surface area contributed by atoms with Crippen molar-refractivity contribution in [3.8, 4) is 11.5 Å². The van der Waals surface area contributed by atoms with Gasteiger partial charge in [-0.15, -0.1) is 0 Å². The molecule has 0 saturated heterocycles. The smallest absolute Gasteiger partial charge is 0.471 e. The fraction of sp³-hybridized carbons (Fsp3) is 0.400. The number of fused-ring (bicyclic) bond motifs is 1. The molecule has 186 valence electrons. The Balaban J connectivity index is 1.51. The van der Waals surface area contributed by atoms with Gasteiger partial charge in [-0.25, -0.2) is 4.98 Å². The number of hydrogen-bond donors (Lipinski definition) is 0. The van der Waals surface area contributed by atoms with Crippen molar-refractivity contribution in [2.75, 3.05) is 14.2 Å². The van der Waals surface area contributed by atoms with Gasteiger partial charge in [-0.05, 0) is 37.3 Å². The lowest BCUT2D eigenvalue weighted by Crippen LogP contribution is -2.46. The SMILES string of the molecule is COc1cc2ncn(Cc3ccccc3)c(=O)c2cc1O[C@H]1CC[C@H](N(C)C(=O)C(F)(F)F)CC1. The fourth-order valence-electron chi connectivity index (χ4n) is 4.41. The van der Waals surface area contributed by atoms with Gasteiger partial charge >= 0.3 is 12.1 Å². The maximum absolute atomic E-state index is 13.1. The summed E-state index contributed by atoms with van der Waals surface area (Å²) in [5, 5.41) is 0.378. The van der Waals surface area contributed by atoms with E-state index in [-0.39, 0.29) is 11.7 Å². The number of carbonyl (C=O) groups is 1. The van der Waals surface area contributed by atoms with Crippen LogP contribution in [-0.4, -0.2) is 52.8 Å². The monoisotopic (exact) mass is 489 g/mol. The summed E-state index contributed by atoms with van der Waals surface area (Å²) >= 11 is 0. The van der Waals surface area contributed by atoms with E-state index in [0.717, 1.165) is 10.5 Å². The fourth-order valence-corrected chi connectivity index (χ4v) is 4.41. The predicted molar refractivity (Wildman–Crippen MR) is 124 cm³/mol. The van der Waals surface area contributed by atoms with Gasteiger partial charge in [0, 0.05) is 19.2 Å². The molecule has 0 aliphatic heterocycles. The highest BCUT2D eigenvalue weighted by Gasteiger charge is 2.43. The average Bonchev–Trinajstić information content (AvgIpc) is 2.85. The van der Waals surface area contributed by atoms with E-state index < -0.39 is 18.1 Å². The molecule has 3 aromatic rings. The Morgan fingerprint density at radius 2 is 1.80 bits per heavy atom. The second-order valence-corrected chi connectivity index (χ2v) is 8.65. The standard InChI is InChI=1S/C25H26F3N3O4/c1-30(24(33)25(26,27)28)17-8-10-18(11-9-17)35-22-12-19-20(13-21(22)34-2)29-15-31(23(19)32)14-16-6-4-3-5-7-16/h3-7,12-13,15,17-18H,8-11,14H2,1-2H3/t17-,18-. The predicted octanol–water partition coefficient (Wildman–Crippen LogP) is 4.16. The highest BCUT2D eigenvalue weighted by Crippen LogP contribution is 2.34. The third-order valence-corrected chi connectivity index (χ3v) is 6.35. The van der Waals surface area contributed by atoms with Gasteiger partial charge in [0.05, 0.1) is 37.0 Å². The minimum atomic E-state index is -4.89. The molecule has 1 aliphatic rings. The Morgan fingerprint density at radius 1 is 1.11 bits per heavy atom. The van der Waals surface area contributed by atoms with Gasteiger partial charge in [-0.1, -0.05) is 30.3 Å². The van der Waals surface area contributed by atoms with Crippen molar-refractivity contribution < 1.29 is 27.4 Å². The number of benzene rings is 2. The zero-order chi connectivity index (χ0) is 25.2. The second-order valence-electron chi connectivity index (χ2n) is 8.65. The summed E-state index contributed by atoms with van der Waals surface area (Å²) in [7, 11) is 2.67. The average molecular weight is 489 g/mol. The number of alkyl halides is 3. The lowest BCUT2D eigenvalue weighted by molar-refractivity contribution is -0.187. The number of carbonyl (C=O) groups excluding carboxylic acids is 1. The van der Waals surface area contributed by atoms with Crippen LogP contribution in [0, 0.1) is 0 Å². The maximum atomic E-state index is 13.1. The minimum absolute atomic E-state index is 0.220. The number of aromatic nitrogens is 2. The molecule has 0 spiro atoms. The van der Waals surface area contributed by atoms with Crippen molar-refractivity contribution in [3.63, 3.8) is 0 Å². The molecule has 2 aromatic carbocycles. The summed E-state index contributed by atoms with van der Waals surface area (Å²) in [4.78, 5) is 29.8. The highest BCUT2D eigenvalue weighted by atomic mass is 19.4. The molecule has 1 saturated carbocycles. The summed E-state index contributed by atoms with van der Waals surface area (Å²) in [6, 6.07) is 12.3. The molecule has 35 heavy (non-hydrogen) atoms. The van der Waals surface area contributed by atoms with Crippen molar-refractivity contribution in [1.82, 2.24) is 14.5 Å². The molecule has 0 radical (unpaired) electrons. The van der Waals surface area contributed by atoms with Crippen molar-refractivity contribution >= 4 is 16.8 Å². The summed E-state index contributed by atoms with van der Waals surface area (Å²) in [6.07, 6.45) is -1.98. The molecule has 0 unspecified atom stereocenters. The van der Waals surface area contributed by atoms with E-state index in [4.69, 9.17) is 9.47 Å². The Kier molecular flexibility index (Phi) is 7.00. The quantitative estimate of drug-likeness (QED) is 0.520. The van der Waals surface area contributed by atoms with Crippen LogP contribution in [-0.2, 0) is 11.3 Å². The molecule has 1 amide bonds. The topological polar surface area (TPSA) is 73.7 Å². The van der Waals surface area contributed by atoms with Crippen LogP contribution in [0.3, 0.4) is 0 Å². The zero-order valence-electron chi connectivity index (χ0n) is 19.4. The first-order valence-corrected chi connectivity index (χ1v) is 11.3. The summed E-state index contributed by atoms with van der Waals surface area (Å²) in [6.45, 7) is 0.374. The van der Waals surface area contributed by atoms with E-state index in [1.807, 2.05) is 30.3 Å². The minimum Gasteiger partial charge on any atom is -0.493 e. The van der Waals surface area contributed by atoms with E-state index in [9.17, 15) is 22.8 Å². The first kappa shape index (κ1) is 24.6. The van der Waals surface area contributed by atoms with Crippen LogP contribution in [0.2, 0.25) is 0 Å². The van der Waals surface area contributed by atoms with Crippen LogP contribution in [0.15, 0.2) is 53.6 Å². The van der Waals surface area contributed by atoms with Gasteiger partial charge in [-0.2, -0.15) is 13.2 Å². The third-order valence-electron chi connectivity index (χ3n) is 6.35. The van der Waals surface area contributed by atoms with Crippen molar-refractivity contribution in [2.45, 2.75) is 50.6 Å². The van der Waals surface area contributed by atoms with Crippen molar-refractivity contribution in [1.29, 1.82) is 0 Å². The maximum Gasteiger partial charge on any atom is 0.471 e. The van der Waals surface area contributed by atoms with Gasteiger partial charge in [0.25, 0.3) is 5.56 Å².